The molecular weight excluding hydrogens is 447 g/mol. The van der Waals surface area contributed by atoms with E-state index in [9.17, 15) is 18.8 Å². The summed E-state index contributed by atoms with van der Waals surface area (Å²) in [6, 6.07) is 4.66. The molecule has 2 heterocycles. The van der Waals surface area contributed by atoms with Crippen LogP contribution in [0.1, 0.15) is 78.7 Å². The number of carbonyl (C=O) groups is 2. The molecule has 2 amide bonds. The van der Waals surface area contributed by atoms with Crippen LogP contribution < -0.4 is 5.56 Å². The van der Waals surface area contributed by atoms with Gasteiger partial charge in [0.1, 0.15) is 12.4 Å². The van der Waals surface area contributed by atoms with Crippen molar-refractivity contribution in [3.8, 4) is 0 Å². The van der Waals surface area contributed by atoms with Crippen molar-refractivity contribution >= 4 is 11.8 Å². The molecule has 4 rings (SSSR count). The van der Waals surface area contributed by atoms with E-state index < -0.39 is 11.7 Å². The van der Waals surface area contributed by atoms with Crippen LogP contribution in [0, 0.1) is 25.6 Å². The first-order valence-corrected chi connectivity index (χ1v) is 12.6. The molecule has 1 saturated carbocycles. The smallest absolute Gasteiger partial charge is 0.267 e. The van der Waals surface area contributed by atoms with Gasteiger partial charge in [-0.15, -0.1) is 0 Å². The van der Waals surface area contributed by atoms with Gasteiger partial charge in [0.15, 0.2) is 0 Å². The zero-order valence-electron chi connectivity index (χ0n) is 21.1. The number of nitrogens with one attached hydrogen (secondary N) is 1. The van der Waals surface area contributed by atoms with Crippen molar-refractivity contribution in [2.24, 2.45) is 5.92 Å². The van der Waals surface area contributed by atoms with Crippen LogP contribution in [0.3, 0.4) is 0 Å². The molecule has 1 saturated heterocycles. The number of aromatic amines is 1. The van der Waals surface area contributed by atoms with E-state index >= 15 is 0 Å². The Labute approximate surface area is 205 Å². The third-order valence-electron chi connectivity index (χ3n) is 7.45. The van der Waals surface area contributed by atoms with Crippen molar-refractivity contribution < 1.29 is 14.0 Å². The summed E-state index contributed by atoms with van der Waals surface area (Å²) in [6.07, 6.45) is 5.46. The first kappa shape index (κ1) is 25.1. The fourth-order valence-corrected chi connectivity index (χ4v) is 5.48. The molecule has 0 bridgehead atoms. The topological polar surface area (TPSA) is 86.4 Å². The molecule has 2 aromatic rings. The number of benzene rings is 1. The van der Waals surface area contributed by atoms with Crippen molar-refractivity contribution in [2.45, 2.75) is 78.3 Å². The van der Waals surface area contributed by atoms with Gasteiger partial charge in [0, 0.05) is 30.6 Å². The molecule has 1 atom stereocenters. The van der Waals surface area contributed by atoms with Gasteiger partial charge in [-0.2, -0.15) is 5.10 Å². The maximum absolute atomic E-state index is 14.8. The van der Waals surface area contributed by atoms with Gasteiger partial charge in [-0.1, -0.05) is 32.8 Å². The molecule has 7 nitrogen and oxygen atoms in total. The van der Waals surface area contributed by atoms with Gasteiger partial charge in [-0.05, 0) is 62.3 Å². The molecule has 35 heavy (non-hydrogen) atoms. The lowest BCUT2D eigenvalue weighted by atomic mass is 9.96. The number of rotatable bonds is 6. The van der Waals surface area contributed by atoms with E-state index in [0.29, 0.717) is 35.7 Å². The Morgan fingerprint density at radius 3 is 2.57 bits per heavy atom. The Kier molecular flexibility index (Phi) is 7.38. The van der Waals surface area contributed by atoms with Gasteiger partial charge in [-0.25, -0.2) is 9.49 Å². The van der Waals surface area contributed by atoms with Gasteiger partial charge in [-0.3, -0.25) is 14.4 Å². The average Bonchev–Trinajstić information content (AvgIpc) is 3.34. The summed E-state index contributed by atoms with van der Waals surface area (Å²) in [7, 11) is 0. The summed E-state index contributed by atoms with van der Waals surface area (Å²) >= 11 is 0. The van der Waals surface area contributed by atoms with Crippen LogP contribution in [-0.4, -0.2) is 57.0 Å². The molecule has 2 fully saturated rings. The molecule has 0 radical (unpaired) electrons. The summed E-state index contributed by atoms with van der Waals surface area (Å²) in [6.45, 7) is 8.20. The van der Waals surface area contributed by atoms with E-state index in [4.69, 9.17) is 0 Å². The van der Waals surface area contributed by atoms with E-state index in [1.165, 1.54) is 11.0 Å². The predicted molar refractivity (Wildman–Crippen MR) is 132 cm³/mol. The van der Waals surface area contributed by atoms with Gasteiger partial charge >= 0.3 is 0 Å². The highest BCUT2D eigenvalue weighted by molar-refractivity contribution is 5.97. The maximum atomic E-state index is 14.8. The summed E-state index contributed by atoms with van der Waals surface area (Å²) in [5.41, 5.74) is 2.47. The monoisotopic (exact) mass is 482 g/mol. The van der Waals surface area contributed by atoms with Crippen molar-refractivity contribution in [3.05, 3.63) is 62.3 Å². The molecule has 1 aromatic carbocycles. The first-order valence-electron chi connectivity index (χ1n) is 12.6. The highest BCUT2D eigenvalue weighted by Gasteiger charge is 2.40. The molecule has 1 N–H and O–H groups in total. The molecule has 188 valence electrons. The summed E-state index contributed by atoms with van der Waals surface area (Å²) < 4.78 is 14.8. The largest absolute Gasteiger partial charge is 0.333 e. The Hall–Kier alpha value is -3.03. The predicted octanol–water partition coefficient (Wildman–Crippen LogP) is 3.76. The quantitative estimate of drug-likeness (QED) is 0.679. The minimum absolute atomic E-state index is 0.0205. The number of hydrogen-bond acceptors (Lipinski definition) is 4. The zero-order valence-corrected chi connectivity index (χ0v) is 21.1. The Balaban J connectivity index is 1.57. The second-order valence-electron chi connectivity index (χ2n) is 10.4. The lowest BCUT2D eigenvalue weighted by Gasteiger charge is -2.45. The third kappa shape index (κ3) is 5.31. The second-order valence-corrected chi connectivity index (χ2v) is 10.4. The zero-order chi connectivity index (χ0) is 25.3. The van der Waals surface area contributed by atoms with E-state index in [2.05, 4.69) is 24.0 Å². The summed E-state index contributed by atoms with van der Waals surface area (Å²) in [5.74, 6) is -0.724. The molecule has 2 aliphatic rings. The van der Waals surface area contributed by atoms with E-state index in [1.54, 1.807) is 19.1 Å². The Morgan fingerprint density at radius 1 is 1.17 bits per heavy atom. The van der Waals surface area contributed by atoms with Crippen molar-refractivity contribution in [1.29, 1.82) is 0 Å². The van der Waals surface area contributed by atoms with Crippen LogP contribution in [0.15, 0.2) is 23.0 Å². The number of nitrogens with zero attached hydrogens (tertiary/aromatic N) is 3. The minimum Gasteiger partial charge on any atom is -0.333 e. The molecule has 1 unspecified atom stereocenters. The Morgan fingerprint density at radius 2 is 1.89 bits per heavy atom. The fourth-order valence-electron chi connectivity index (χ4n) is 5.48. The number of halogens is 1. The Bertz CT molecular complexity index is 1170. The fraction of sp³-hybridized carbons (Fsp3) is 0.556. The highest BCUT2D eigenvalue weighted by atomic mass is 19.1. The maximum Gasteiger partial charge on any atom is 0.267 e. The van der Waals surface area contributed by atoms with Gasteiger partial charge in [0.25, 0.3) is 11.5 Å². The lowest BCUT2D eigenvalue weighted by molar-refractivity contribution is -0.142. The van der Waals surface area contributed by atoms with Crippen LogP contribution in [0.5, 0.6) is 0 Å². The number of carbonyl (C=O) groups excluding carboxylic acids is 2. The molecule has 1 aliphatic heterocycles. The van der Waals surface area contributed by atoms with Crippen LogP contribution >= 0.6 is 0 Å². The molecular formula is C27H35FN4O3. The van der Waals surface area contributed by atoms with Crippen molar-refractivity contribution in [3.63, 3.8) is 0 Å². The SMILES string of the molecule is Cc1c(Cc2ccc(F)c(C(=O)N3CC(=O)N(C4CCCC4)C(CC(C)C)C3)c2)n[nH]c(=O)c1C. The minimum atomic E-state index is -0.604. The van der Waals surface area contributed by atoms with Gasteiger partial charge in [0.05, 0.1) is 11.3 Å². The second kappa shape index (κ2) is 10.3. The molecule has 1 aliphatic carbocycles. The third-order valence-corrected chi connectivity index (χ3v) is 7.45. The molecule has 1 aromatic heterocycles. The standard InChI is InChI=1S/C27H35FN4O3/c1-16(2)11-21-14-31(15-25(33)32(21)20-7-5-6-8-20)27(35)22-12-19(9-10-23(22)28)13-24-17(3)18(4)26(34)30-29-24/h9-10,12,16,20-21H,5-8,11,13-15H2,1-4H3,(H,30,34). The van der Waals surface area contributed by atoms with E-state index in [-0.39, 0.29) is 35.7 Å². The average molecular weight is 483 g/mol. The first-order chi connectivity index (χ1) is 16.7. The number of piperazine rings is 1. The van der Waals surface area contributed by atoms with Crippen LogP contribution in [-0.2, 0) is 11.2 Å². The van der Waals surface area contributed by atoms with Crippen LogP contribution in [0.25, 0.3) is 0 Å². The van der Waals surface area contributed by atoms with Gasteiger partial charge in [0.2, 0.25) is 5.91 Å². The van der Waals surface area contributed by atoms with Crippen molar-refractivity contribution in [1.82, 2.24) is 20.0 Å². The lowest BCUT2D eigenvalue weighted by Crippen LogP contribution is -2.60. The number of H-pyrrole nitrogens is 1. The van der Waals surface area contributed by atoms with E-state index in [1.807, 2.05) is 11.8 Å². The van der Waals surface area contributed by atoms with Crippen LogP contribution in [0.2, 0.25) is 0 Å². The number of hydrogen-bond donors (Lipinski definition) is 1. The number of amides is 2. The van der Waals surface area contributed by atoms with E-state index in [0.717, 1.165) is 37.7 Å². The molecule has 8 heteroatoms. The highest BCUT2D eigenvalue weighted by Crippen LogP contribution is 2.30. The van der Waals surface area contributed by atoms with Crippen LogP contribution in [0.4, 0.5) is 4.39 Å². The summed E-state index contributed by atoms with van der Waals surface area (Å²) in [5, 5.41) is 6.62. The molecule has 0 spiro atoms. The van der Waals surface area contributed by atoms with Gasteiger partial charge < -0.3 is 9.80 Å². The summed E-state index contributed by atoms with van der Waals surface area (Å²) in [4.78, 5) is 42.0. The normalized spacial score (nSPS) is 19.1. The number of aromatic nitrogens is 2. The van der Waals surface area contributed by atoms with Crippen molar-refractivity contribution in [2.75, 3.05) is 13.1 Å².